The Balaban J connectivity index is 1.75. The molecule has 152 valence electrons. The van der Waals surface area contributed by atoms with Gasteiger partial charge >= 0.3 is 0 Å². The van der Waals surface area contributed by atoms with E-state index in [1.807, 2.05) is 56.5 Å². The van der Waals surface area contributed by atoms with Crippen molar-refractivity contribution < 1.29 is 14.3 Å². The maximum atomic E-state index is 12.8. The molecule has 1 amide bonds. The molecule has 29 heavy (non-hydrogen) atoms. The smallest absolute Gasteiger partial charge is 0.298 e. The zero-order valence-electron chi connectivity index (χ0n) is 17.0. The van der Waals surface area contributed by atoms with Crippen molar-refractivity contribution in [2.75, 3.05) is 18.5 Å². The fraction of sp³-hybridized carbons (Fsp3) is 0.333. The summed E-state index contributed by atoms with van der Waals surface area (Å²) in [5.74, 6) is -1.31. The lowest BCUT2D eigenvalue weighted by Gasteiger charge is -2.10. The number of nitrogens with zero attached hydrogens (tertiary/aromatic N) is 3. The number of aryl methyl sites for hydroxylation is 2. The lowest BCUT2D eigenvalue weighted by atomic mass is 10.1. The van der Waals surface area contributed by atoms with Gasteiger partial charge in [0.15, 0.2) is 0 Å². The quantitative estimate of drug-likeness (QED) is 0.347. The van der Waals surface area contributed by atoms with Gasteiger partial charge in [0.05, 0.1) is 6.61 Å². The number of hydrogen-bond acceptors (Lipinski definition) is 6. The highest BCUT2D eigenvalue weighted by Gasteiger charge is 2.23. The van der Waals surface area contributed by atoms with E-state index >= 15 is 0 Å². The molecular weight excluding hydrogens is 388 g/mol. The molecule has 0 atom stereocenters. The number of carbonyl (C=O) groups excluding carboxylic acids is 2. The molecule has 0 spiro atoms. The van der Waals surface area contributed by atoms with Crippen LogP contribution in [0.1, 0.15) is 39.2 Å². The average molecular weight is 413 g/mol. The third-order valence-corrected chi connectivity index (χ3v) is 5.39. The summed E-state index contributed by atoms with van der Waals surface area (Å²) in [5, 5.41) is 11.6. The molecule has 0 saturated carbocycles. The van der Waals surface area contributed by atoms with E-state index in [9.17, 15) is 9.59 Å². The number of aromatic nitrogens is 3. The van der Waals surface area contributed by atoms with E-state index in [0.29, 0.717) is 30.3 Å². The summed E-state index contributed by atoms with van der Waals surface area (Å²) in [7, 11) is 0. The van der Waals surface area contributed by atoms with E-state index in [2.05, 4.69) is 15.5 Å². The number of ether oxygens (including phenoxy) is 1. The molecular formula is C21H24N4O3S. The molecule has 0 aliphatic heterocycles. The van der Waals surface area contributed by atoms with Crippen LogP contribution in [0.15, 0.2) is 30.3 Å². The van der Waals surface area contributed by atoms with Gasteiger partial charge in [-0.25, -0.2) is 0 Å². The van der Waals surface area contributed by atoms with Crippen LogP contribution in [0.2, 0.25) is 0 Å². The zero-order chi connectivity index (χ0) is 21.0. The number of rotatable bonds is 8. The van der Waals surface area contributed by atoms with Crippen LogP contribution >= 0.6 is 11.3 Å². The standard InChI is InChI=1S/C21H24N4O3S/c1-5-28-10-9-18-23-24-21(29-18)22-20(27)19(26)17-12-14(3)25(15(17)4)16-8-6-7-13(2)11-16/h6-8,11-12H,5,9-10H2,1-4H3,(H,22,24,27). The van der Waals surface area contributed by atoms with Gasteiger partial charge in [-0.2, -0.15) is 0 Å². The van der Waals surface area contributed by atoms with E-state index in [1.165, 1.54) is 11.3 Å². The summed E-state index contributed by atoms with van der Waals surface area (Å²) in [6, 6.07) is 9.75. The highest BCUT2D eigenvalue weighted by Crippen LogP contribution is 2.23. The highest BCUT2D eigenvalue weighted by atomic mass is 32.1. The van der Waals surface area contributed by atoms with Gasteiger partial charge in [0.1, 0.15) is 5.01 Å². The summed E-state index contributed by atoms with van der Waals surface area (Å²) in [6.07, 6.45) is 0.618. The summed E-state index contributed by atoms with van der Waals surface area (Å²) in [4.78, 5) is 25.3. The number of hydrogen-bond donors (Lipinski definition) is 1. The number of nitrogens with one attached hydrogen (secondary N) is 1. The van der Waals surface area contributed by atoms with E-state index in [4.69, 9.17) is 4.74 Å². The Labute approximate surface area is 173 Å². The van der Waals surface area contributed by atoms with E-state index in [1.54, 1.807) is 6.07 Å². The van der Waals surface area contributed by atoms with Crippen molar-refractivity contribution in [2.24, 2.45) is 0 Å². The van der Waals surface area contributed by atoms with Crippen molar-refractivity contribution >= 4 is 28.2 Å². The van der Waals surface area contributed by atoms with Gasteiger partial charge in [0, 0.05) is 35.7 Å². The normalized spacial score (nSPS) is 10.9. The summed E-state index contributed by atoms with van der Waals surface area (Å²) < 4.78 is 7.27. The lowest BCUT2D eigenvalue weighted by Crippen LogP contribution is -2.23. The number of Topliss-reactive ketones (excluding diaryl/α,β-unsaturated/α-hetero) is 1. The first kappa shape index (κ1) is 20.9. The van der Waals surface area contributed by atoms with Gasteiger partial charge in [0.2, 0.25) is 5.13 Å². The van der Waals surface area contributed by atoms with Crippen molar-refractivity contribution in [3.8, 4) is 5.69 Å². The van der Waals surface area contributed by atoms with Crippen LogP contribution in [0.3, 0.4) is 0 Å². The first-order valence-corrected chi connectivity index (χ1v) is 10.2. The van der Waals surface area contributed by atoms with E-state index in [-0.39, 0.29) is 0 Å². The van der Waals surface area contributed by atoms with Crippen molar-refractivity contribution in [3.05, 3.63) is 57.9 Å². The van der Waals surface area contributed by atoms with Gasteiger partial charge < -0.3 is 9.30 Å². The first-order chi connectivity index (χ1) is 13.9. The predicted octanol–water partition coefficient (Wildman–Crippen LogP) is 3.65. The molecule has 0 aliphatic rings. The average Bonchev–Trinajstić information content (AvgIpc) is 3.25. The number of carbonyl (C=O) groups is 2. The third-order valence-electron chi connectivity index (χ3n) is 4.49. The minimum absolute atomic E-state index is 0.308. The monoisotopic (exact) mass is 412 g/mol. The van der Waals surface area contributed by atoms with Gasteiger partial charge in [-0.1, -0.05) is 23.5 Å². The molecule has 8 heteroatoms. The molecule has 2 heterocycles. The molecule has 1 aromatic carbocycles. The van der Waals surface area contributed by atoms with Crippen molar-refractivity contribution in [3.63, 3.8) is 0 Å². The number of ketones is 1. The lowest BCUT2D eigenvalue weighted by molar-refractivity contribution is -0.112. The van der Waals surface area contributed by atoms with Gasteiger partial charge in [0.25, 0.3) is 11.7 Å². The SMILES string of the molecule is CCOCCc1nnc(NC(=O)C(=O)c2cc(C)n(-c3cccc(C)c3)c2C)s1. The minimum atomic E-state index is -0.720. The van der Waals surface area contributed by atoms with Crippen molar-refractivity contribution in [1.82, 2.24) is 14.8 Å². The Hall–Kier alpha value is -2.84. The molecule has 0 aliphatic carbocycles. The molecule has 1 N–H and O–H groups in total. The minimum Gasteiger partial charge on any atom is -0.381 e. The Morgan fingerprint density at radius 3 is 2.69 bits per heavy atom. The van der Waals surface area contributed by atoms with Gasteiger partial charge in [-0.05, 0) is 51.5 Å². The van der Waals surface area contributed by atoms with Crippen LogP contribution in [0.5, 0.6) is 0 Å². The van der Waals surface area contributed by atoms with Gasteiger partial charge in [-0.3, -0.25) is 14.9 Å². The summed E-state index contributed by atoms with van der Waals surface area (Å²) in [6.45, 7) is 8.88. The van der Waals surface area contributed by atoms with E-state index in [0.717, 1.165) is 27.6 Å². The third kappa shape index (κ3) is 4.78. The zero-order valence-corrected chi connectivity index (χ0v) is 17.8. The molecule has 2 aromatic heterocycles. The van der Waals surface area contributed by atoms with Crippen LogP contribution < -0.4 is 5.32 Å². The Morgan fingerprint density at radius 2 is 1.97 bits per heavy atom. The van der Waals surface area contributed by atoms with Crippen LogP contribution in [0.25, 0.3) is 5.69 Å². The second-order valence-electron chi connectivity index (χ2n) is 6.69. The first-order valence-electron chi connectivity index (χ1n) is 9.42. The maximum absolute atomic E-state index is 12.8. The Kier molecular flexibility index (Phi) is 6.56. The molecule has 0 fully saturated rings. The van der Waals surface area contributed by atoms with Crippen LogP contribution in [-0.2, 0) is 16.0 Å². The highest BCUT2D eigenvalue weighted by molar-refractivity contribution is 7.15. The molecule has 3 rings (SSSR count). The fourth-order valence-electron chi connectivity index (χ4n) is 3.14. The topological polar surface area (TPSA) is 86.1 Å². The van der Waals surface area contributed by atoms with Crippen LogP contribution in [-0.4, -0.2) is 39.7 Å². The molecule has 7 nitrogen and oxygen atoms in total. The van der Waals surface area contributed by atoms with Crippen molar-refractivity contribution in [1.29, 1.82) is 0 Å². The predicted molar refractivity (Wildman–Crippen MR) is 113 cm³/mol. The number of amides is 1. The summed E-state index contributed by atoms with van der Waals surface area (Å²) >= 11 is 1.24. The number of anilines is 1. The molecule has 0 unspecified atom stereocenters. The molecule has 0 saturated heterocycles. The van der Waals surface area contributed by atoms with Crippen LogP contribution in [0.4, 0.5) is 5.13 Å². The number of benzene rings is 1. The summed E-state index contributed by atoms with van der Waals surface area (Å²) in [5.41, 5.74) is 4.07. The van der Waals surface area contributed by atoms with E-state index < -0.39 is 11.7 Å². The second-order valence-corrected chi connectivity index (χ2v) is 7.75. The second kappa shape index (κ2) is 9.11. The van der Waals surface area contributed by atoms with Gasteiger partial charge in [-0.15, -0.1) is 10.2 Å². The largest absolute Gasteiger partial charge is 0.381 e. The molecule has 0 bridgehead atoms. The Morgan fingerprint density at radius 1 is 1.17 bits per heavy atom. The van der Waals surface area contributed by atoms with Crippen LogP contribution in [0, 0.1) is 20.8 Å². The molecule has 3 aromatic rings. The van der Waals surface area contributed by atoms with Crippen molar-refractivity contribution in [2.45, 2.75) is 34.1 Å². The maximum Gasteiger partial charge on any atom is 0.298 e. The Bertz CT molecular complexity index is 1040. The fourth-order valence-corrected chi connectivity index (χ4v) is 3.86. The molecule has 0 radical (unpaired) electrons.